The fraction of sp³-hybridized carbons (Fsp3) is 0.462. The Morgan fingerprint density at radius 2 is 1.67 bits per heavy atom. The van der Waals surface area contributed by atoms with E-state index in [0.717, 1.165) is 4.90 Å². The third-order valence-corrected chi connectivity index (χ3v) is 4.66. The van der Waals surface area contributed by atoms with Gasteiger partial charge < -0.3 is 4.98 Å². The first-order valence-corrected chi connectivity index (χ1v) is 6.81. The van der Waals surface area contributed by atoms with Gasteiger partial charge in [0.05, 0.1) is 17.2 Å². The van der Waals surface area contributed by atoms with Crippen molar-refractivity contribution in [3.05, 3.63) is 11.6 Å². The zero-order valence-corrected chi connectivity index (χ0v) is 12.8. The lowest BCUT2D eigenvalue weighted by Crippen LogP contribution is -2.35. The average Bonchev–Trinajstić information content (AvgIpc) is 2.89. The third kappa shape index (κ3) is 1.64. The van der Waals surface area contributed by atoms with Crippen molar-refractivity contribution in [2.45, 2.75) is 27.7 Å². The van der Waals surface area contributed by atoms with Crippen molar-refractivity contribution in [2.75, 3.05) is 4.90 Å². The zero-order chi connectivity index (χ0) is 15.6. The topological polar surface area (TPSA) is 91.8 Å². The Bertz CT molecular complexity index is 754. The van der Waals surface area contributed by atoms with Crippen LogP contribution in [-0.2, 0) is 9.59 Å². The number of nitrogens with one attached hydrogen (secondary N) is 1. The number of carbonyl (C=O) groups excluding carboxylic acids is 2. The molecule has 0 aliphatic carbocycles. The van der Waals surface area contributed by atoms with E-state index in [0.29, 0.717) is 11.2 Å². The molecule has 1 fully saturated rings. The lowest BCUT2D eigenvalue weighted by molar-refractivity contribution is -0.129. The van der Waals surface area contributed by atoms with Gasteiger partial charge >= 0.3 is 0 Å². The smallest absolute Gasteiger partial charge is 0.241 e. The first-order valence-electron chi connectivity index (χ1n) is 6.43. The Kier molecular flexibility index (Phi) is 2.66. The minimum atomic E-state index is -0.839. The molecule has 1 N–H and O–H groups in total. The summed E-state index contributed by atoms with van der Waals surface area (Å²) in [4.78, 5) is 41.3. The average molecular weight is 308 g/mol. The molecule has 0 saturated carbocycles. The standard InChI is InChI=1S/C13H14ClN5O2/c1-12(2)9(20)19(10(21)13(12,3)4)8-6-7(16-5-15-6)17-11(14)18-8/h5H,1-4H3,(H,15,16,17,18). The van der Waals surface area contributed by atoms with Gasteiger partial charge in [0.15, 0.2) is 11.5 Å². The van der Waals surface area contributed by atoms with Crippen LogP contribution >= 0.6 is 11.6 Å². The molecule has 7 nitrogen and oxygen atoms in total. The van der Waals surface area contributed by atoms with Gasteiger partial charge in [0.1, 0.15) is 5.52 Å². The number of nitrogens with zero attached hydrogens (tertiary/aromatic N) is 4. The van der Waals surface area contributed by atoms with Crippen molar-refractivity contribution in [1.82, 2.24) is 19.9 Å². The summed E-state index contributed by atoms with van der Waals surface area (Å²) in [6.45, 7) is 7.00. The number of hydrogen-bond acceptors (Lipinski definition) is 5. The molecule has 1 aliphatic heterocycles. The summed E-state index contributed by atoms with van der Waals surface area (Å²) in [5.41, 5.74) is -0.954. The van der Waals surface area contributed by atoms with Crippen LogP contribution in [0.4, 0.5) is 5.82 Å². The Balaban J connectivity index is 2.27. The number of carbonyl (C=O) groups is 2. The maximum absolute atomic E-state index is 12.7. The highest BCUT2D eigenvalue weighted by molar-refractivity contribution is 6.30. The highest BCUT2D eigenvalue weighted by Crippen LogP contribution is 2.48. The predicted octanol–water partition coefficient (Wildman–Crippen LogP) is 1.93. The number of imidazole rings is 1. The van der Waals surface area contributed by atoms with Crippen LogP contribution in [0.15, 0.2) is 6.33 Å². The van der Waals surface area contributed by atoms with E-state index in [2.05, 4.69) is 19.9 Å². The highest BCUT2D eigenvalue weighted by atomic mass is 35.5. The quantitative estimate of drug-likeness (QED) is 0.642. The van der Waals surface area contributed by atoms with Crippen LogP contribution < -0.4 is 4.90 Å². The molecule has 2 aromatic heterocycles. The summed E-state index contributed by atoms with van der Waals surface area (Å²) in [5, 5.41) is -0.0623. The molecule has 0 spiro atoms. The summed E-state index contributed by atoms with van der Waals surface area (Å²) < 4.78 is 0. The van der Waals surface area contributed by atoms with E-state index in [1.807, 2.05) is 0 Å². The summed E-state index contributed by atoms with van der Waals surface area (Å²) in [6.07, 6.45) is 1.42. The van der Waals surface area contributed by atoms with Crippen molar-refractivity contribution in [3.63, 3.8) is 0 Å². The molecule has 110 valence electrons. The molecule has 0 aromatic carbocycles. The van der Waals surface area contributed by atoms with E-state index in [1.165, 1.54) is 6.33 Å². The fourth-order valence-electron chi connectivity index (χ4n) is 2.33. The van der Waals surface area contributed by atoms with Gasteiger partial charge in [-0.15, -0.1) is 0 Å². The molecule has 0 radical (unpaired) electrons. The van der Waals surface area contributed by atoms with Crippen LogP contribution in [0.3, 0.4) is 0 Å². The normalized spacial score (nSPS) is 20.5. The van der Waals surface area contributed by atoms with Gasteiger partial charge in [0.2, 0.25) is 17.1 Å². The first-order chi connectivity index (χ1) is 9.68. The summed E-state index contributed by atoms with van der Waals surface area (Å²) >= 11 is 5.87. The summed E-state index contributed by atoms with van der Waals surface area (Å²) in [7, 11) is 0. The monoisotopic (exact) mass is 307 g/mol. The SMILES string of the molecule is CC1(C)C(=O)N(c2nc(Cl)nc3nc[nH]c23)C(=O)C1(C)C. The van der Waals surface area contributed by atoms with Gasteiger partial charge in [-0.05, 0) is 39.3 Å². The molecule has 1 aliphatic rings. The Labute approximate surface area is 125 Å². The molecule has 8 heteroatoms. The fourth-order valence-corrected chi connectivity index (χ4v) is 2.49. The van der Waals surface area contributed by atoms with Crippen LogP contribution in [-0.4, -0.2) is 31.8 Å². The molecule has 21 heavy (non-hydrogen) atoms. The van der Waals surface area contributed by atoms with Crippen LogP contribution in [0.2, 0.25) is 5.28 Å². The summed E-state index contributed by atoms with van der Waals surface area (Å²) in [6, 6.07) is 0. The molecule has 0 unspecified atom stereocenters. The predicted molar refractivity (Wildman–Crippen MR) is 76.7 cm³/mol. The van der Waals surface area contributed by atoms with Crippen LogP contribution in [0.5, 0.6) is 0 Å². The van der Waals surface area contributed by atoms with E-state index in [9.17, 15) is 9.59 Å². The maximum atomic E-state index is 12.7. The first kappa shape index (κ1) is 13.9. The molecule has 3 heterocycles. The van der Waals surface area contributed by atoms with Gasteiger partial charge in [-0.3, -0.25) is 9.59 Å². The van der Waals surface area contributed by atoms with Gasteiger partial charge in [0, 0.05) is 0 Å². The molecular formula is C13H14ClN5O2. The van der Waals surface area contributed by atoms with Crippen LogP contribution in [0.25, 0.3) is 11.2 Å². The number of imide groups is 1. The maximum Gasteiger partial charge on any atom is 0.241 e. The third-order valence-electron chi connectivity index (χ3n) is 4.49. The van der Waals surface area contributed by atoms with Crippen LogP contribution in [0, 0.1) is 10.8 Å². The van der Waals surface area contributed by atoms with Gasteiger partial charge in [-0.2, -0.15) is 9.97 Å². The Morgan fingerprint density at radius 1 is 1.10 bits per heavy atom. The molecule has 0 bridgehead atoms. The number of aromatic nitrogens is 4. The van der Waals surface area contributed by atoms with E-state index in [1.54, 1.807) is 27.7 Å². The van der Waals surface area contributed by atoms with Crippen molar-refractivity contribution in [2.24, 2.45) is 10.8 Å². The van der Waals surface area contributed by atoms with Gasteiger partial charge in [-0.1, -0.05) is 0 Å². The minimum Gasteiger partial charge on any atom is -0.340 e. The number of halogens is 1. The van der Waals surface area contributed by atoms with E-state index >= 15 is 0 Å². The zero-order valence-electron chi connectivity index (χ0n) is 12.1. The van der Waals surface area contributed by atoms with E-state index in [-0.39, 0.29) is 22.9 Å². The van der Waals surface area contributed by atoms with E-state index < -0.39 is 10.8 Å². The van der Waals surface area contributed by atoms with Crippen molar-refractivity contribution >= 4 is 40.4 Å². The van der Waals surface area contributed by atoms with Gasteiger partial charge in [0.25, 0.3) is 0 Å². The Morgan fingerprint density at radius 3 is 2.24 bits per heavy atom. The Hall–Kier alpha value is -2.02. The molecular weight excluding hydrogens is 294 g/mol. The van der Waals surface area contributed by atoms with Crippen molar-refractivity contribution < 1.29 is 9.59 Å². The second kappa shape index (κ2) is 4.00. The number of anilines is 1. The number of amides is 2. The molecule has 3 rings (SSSR count). The summed E-state index contributed by atoms with van der Waals surface area (Å²) in [5.74, 6) is -0.484. The number of hydrogen-bond donors (Lipinski definition) is 1. The molecule has 1 saturated heterocycles. The number of H-pyrrole nitrogens is 1. The number of aromatic amines is 1. The second-order valence-electron chi connectivity index (χ2n) is 6.11. The number of fused-ring (bicyclic) bond motifs is 1. The second-order valence-corrected chi connectivity index (χ2v) is 6.45. The van der Waals surface area contributed by atoms with Crippen molar-refractivity contribution in [1.29, 1.82) is 0 Å². The molecule has 2 amide bonds. The minimum absolute atomic E-state index is 0.0623. The van der Waals surface area contributed by atoms with Gasteiger partial charge in [-0.25, -0.2) is 9.88 Å². The van der Waals surface area contributed by atoms with Crippen molar-refractivity contribution in [3.8, 4) is 0 Å². The van der Waals surface area contributed by atoms with E-state index in [4.69, 9.17) is 11.6 Å². The van der Waals surface area contributed by atoms with Crippen LogP contribution in [0.1, 0.15) is 27.7 Å². The largest absolute Gasteiger partial charge is 0.340 e. The lowest BCUT2D eigenvalue weighted by atomic mass is 9.70. The molecule has 0 atom stereocenters. The molecule has 2 aromatic rings. The number of rotatable bonds is 1. The lowest BCUT2D eigenvalue weighted by Gasteiger charge is -2.28. The highest BCUT2D eigenvalue weighted by Gasteiger charge is 2.60.